The second-order valence-corrected chi connectivity index (χ2v) is 5.14. The van der Waals surface area contributed by atoms with Gasteiger partial charge in [-0.15, -0.1) is 0 Å². The van der Waals surface area contributed by atoms with Crippen molar-refractivity contribution in [2.45, 2.75) is 13.0 Å². The van der Waals surface area contributed by atoms with Crippen LogP contribution in [-0.4, -0.2) is 17.9 Å². The highest BCUT2D eigenvalue weighted by molar-refractivity contribution is 6.05. The van der Waals surface area contributed by atoms with Gasteiger partial charge in [-0.2, -0.15) is 0 Å². The van der Waals surface area contributed by atoms with Crippen LogP contribution in [0.25, 0.3) is 0 Å². The number of benzene rings is 2. The van der Waals surface area contributed by atoms with Gasteiger partial charge in [0.25, 0.3) is 11.8 Å². The molecule has 1 heterocycles. The normalized spacial score (nSPS) is 16.0. The Morgan fingerprint density at radius 3 is 2.67 bits per heavy atom. The fourth-order valence-electron chi connectivity index (χ4n) is 2.19. The van der Waals surface area contributed by atoms with Gasteiger partial charge in [-0.3, -0.25) is 9.59 Å². The summed E-state index contributed by atoms with van der Waals surface area (Å²) in [5.74, 6) is -5.56. The molecule has 0 aliphatic carbocycles. The lowest BCUT2D eigenvalue weighted by atomic mass is 10.1. The van der Waals surface area contributed by atoms with Gasteiger partial charge in [0.2, 0.25) is 0 Å². The Morgan fingerprint density at radius 2 is 1.92 bits per heavy atom. The standard InChI is InChI=1S/C16H11F3N2O3/c1-7-15(22)21-11-6-8(2-5-12(11)24-7)20-16(23)9-3-4-10(17)14(19)13(9)18/h2-7H,1H3,(H,20,23)(H,21,22). The Morgan fingerprint density at radius 1 is 1.17 bits per heavy atom. The molecule has 2 aromatic carbocycles. The van der Waals surface area contributed by atoms with Gasteiger partial charge in [-0.1, -0.05) is 0 Å². The number of ether oxygens (including phenoxy) is 1. The zero-order chi connectivity index (χ0) is 17.4. The number of hydrogen-bond acceptors (Lipinski definition) is 3. The number of hydrogen-bond donors (Lipinski definition) is 2. The Bertz CT molecular complexity index is 855. The van der Waals surface area contributed by atoms with E-state index in [0.29, 0.717) is 17.5 Å². The summed E-state index contributed by atoms with van der Waals surface area (Å²) in [4.78, 5) is 23.6. The van der Waals surface area contributed by atoms with Gasteiger partial charge in [-0.05, 0) is 37.3 Å². The van der Waals surface area contributed by atoms with Crippen LogP contribution in [0.2, 0.25) is 0 Å². The molecule has 5 nitrogen and oxygen atoms in total. The van der Waals surface area contributed by atoms with Gasteiger partial charge in [0, 0.05) is 5.69 Å². The van der Waals surface area contributed by atoms with Gasteiger partial charge < -0.3 is 15.4 Å². The summed E-state index contributed by atoms with van der Waals surface area (Å²) in [5.41, 5.74) is -0.0801. The molecule has 0 radical (unpaired) electrons. The summed E-state index contributed by atoms with van der Waals surface area (Å²) >= 11 is 0. The zero-order valence-corrected chi connectivity index (χ0v) is 12.3. The third-order valence-corrected chi connectivity index (χ3v) is 3.45. The third-order valence-electron chi connectivity index (χ3n) is 3.45. The molecule has 0 fully saturated rings. The second-order valence-electron chi connectivity index (χ2n) is 5.14. The molecule has 24 heavy (non-hydrogen) atoms. The van der Waals surface area contributed by atoms with E-state index in [0.717, 1.165) is 6.07 Å². The van der Waals surface area contributed by atoms with Crippen LogP contribution in [0.4, 0.5) is 24.5 Å². The van der Waals surface area contributed by atoms with Gasteiger partial charge in [0.15, 0.2) is 23.6 Å². The summed E-state index contributed by atoms with van der Waals surface area (Å²) in [5, 5.41) is 4.94. The molecular weight excluding hydrogens is 325 g/mol. The molecule has 1 aliphatic rings. The van der Waals surface area contributed by atoms with Crippen molar-refractivity contribution in [3.63, 3.8) is 0 Å². The van der Waals surface area contributed by atoms with E-state index in [-0.39, 0.29) is 11.6 Å². The van der Waals surface area contributed by atoms with Crippen LogP contribution >= 0.6 is 0 Å². The van der Waals surface area contributed by atoms with Crippen molar-refractivity contribution in [2.75, 3.05) is 10.6 Å². The van der Waals surface area contributed by atoms with E-state index < -0.39 is 35.0 Å². The molecule has 0 saturated heterocycles. The van der Waals surface area contributed by atoms with Gasteiger partial charge >= 0.3 is 0 Å². The van der Waals surface area contributed by atoms with Crippen LogP contribution in [0.15, 0.2) is 30.3 Å². The Kier molecular flexibility index (Phi) is 3.88. The number of anilines is 2. The molecule has 0 spiro atoms. The average Bonchev–Trinajstić information content (AvgIpc) is 2.54. The Labute approximate surface area is 134 Å². The van der Waals surface area contributed by atoms with E-state index in [1.807, 2.05) is 0 Å². The lowest BCUT2D eigenvalue weighted by molar-refractivity contribution is -0.122. The summed E-state index contributed by atoms with van der Waals surface area (Å²) in [7, 11) is 0. The molecule has 1 atom stereocenters. The van der Waals surface area contributed by atoms with E-state index in [1.54, 1.807) is 6.92 Å². The van der Waals surface area contributed by atoms with Crippen molar-refractivity contribution in [3.05, 3.63) is 53.3 Å². The van der Waals surface area contributed by atoms with Crippen molar-refractivity contribution in [1.82, 2.24) is 0 Å². The summed E-state index contributed by atoms with van der Waals surface area (Å²) in [6.45, 7) is 1.58. The summed E-state index contributed by atoms with van der Waals surface area (Å²) in [6, 6.07) is 5.90. The molecule has 2 N–H and O–H groups in total. The highest BCUT2D eigenvalue weighted by Gasteiger charge is 2.24. The van der Waals surface area contributed by atoms with E-state index >= 15 is 0 Å². The molecular formula is C16H11F3N2O3. The molecule has 0 bridgehead atoms. The van der Waals surface area contributed by atoms with E-state index in [1.165, 1.54) is 18.2 Å². The summed E-state index contributed by atoms with van der Waals surface area (Å²) < 4.78 is 45.1. The maximum absolute atomic E-state index is 13.6. The van der Waals surface area contributed by atoms with Crippen LogP contribution in [-0.2, 0) is 4.79 Å². The Hall–Kier alpha value is -3.03. The van der Waals surface area contributed by atoms with Gasteiger partial charge in [0.05, 0.1) is 11.3 Å². The number of amides is 2. The van der Waals surface area contributed by atoms with Gasteiger partial charge in [-0.25, -0.2) is 13.2 Å². The minimum atomic E-state index is -1.72. The minimum absolute atomic E-state index is 0.223. The molecule has 1 aliphatic heterocycles. The van der Waals surface area contributed by atoms with Crippen LogP contribution < -0.4 is 15.4 Å². The molecule has 2 amide bonds. The number of carbonyl (C=O) groups excluding carboxylic acids is 2. The van der Waals surface area contributed by atoms with Crippen LogP contribution in [0.3, 0.4) is 0 Å². The minimum Gasteiger partial charge on any atom is -0.479 e. The number of rotatable bonds is 2. The highest BCUT2D eigenvalue weighted by atomic mass is 19.2. The Balaban J connectivity index is 1.85. The maximum Gasteiger partial charge on any atom is 0.265 e. The monoisotopic (exact) mass is 336 g/mol. The largest absolute Gasteiger partial charge is 0.479 e. The van der Waals surface area contributed by atoms with E-state index in [4.69, 9.17) is 4.74 Å². The first-order chi connectivity index (χ1) is 11.4. The van der Waals surface area contributed by atoms with E-state index in [2.05, 4.69) is 10.6 Å². The predicted octanol–water partition coefficient (Wildman–Crippen LogP) is 3.08. The average molecular weight is 336 g/mol. The van der Waals surface area contributed by atoms with Crippen molar-refractivity contribution in [1.29, 1.82) is 0 Å². The van der Waals surface area contributed by atoms with Crippen molar-refractivity contribution in [3.8, 4) is 5.75 Å². The second kappa shape index (κ2) is 5.88. The van der Waals surface area contributed by atoms with Crippen molar-refractivity contribution < 1.29 is 27.5 Å². The van der Waals surface area contributed by atoms with Crippen LogP contribution in [0, 0.1) is 17.5 Å². The fraction of sp³-hybridized carbons (Fsp3) is 0.125. The molecule has 124 valence electrons. The van der Waals surface area contributed by atoms with Crippen LogP contribution in [0.5, 0.6) is 5.75 Å². The molecule has 1 unspecified atom stereocenters. The number of nitrogens with one attached hydrogen (secondary N) is 2. The molecule has 0 saturated carbocycles. The van der Waals surface area contributed by atoms with Crippen molar-refractivity contribution in [2.24, 2.45) is 0 Å². The SMILES string of the molecule is CC1Oc2ccc(NC(=O)c3ccc(F)c(F)c3F)cc2NC1=O. The quantitative estimate of drug-likeness (QED) is 0.828. The fourth-order valence-corrected chi connectivity index (χ4v) is 2.19. The molecule has 3 rings (SSSR count). The lowest BCUT2D eigenvalue weighted by Gasteiger charge is -2.23. The van der Waals surface area contributed by atoms with Gasteiger partial charge in [0.1, 0.15) is 5.75 Å². The molecule has 2 aromatic rings. The highest BCUT2D eigenvalue weighted by Crippen LogP contribution is 2.32. The van der Waals surface area contributed by atoms with Crippen LogP contribution in [0.1, 0.15) is 17.3 Å². The first-order valence-corrected chi connectivity index (χ1v) is 6.93. The topological polar surface area (TPSA) is 67.4 Å². The number of fused-ring (bicyclic) bond motifs is 1. The lowest BCUT2D eigenvalue weighted by Crippen LogP contribution is -2.34. The first kappa shape index (κ1) is 15.9. The predicted molar refractivity (Wildman–Crippen MR) is 79.4 cm³/mol. The third kappa shape index (κ3) is 2.78. The number of carbonyl (C=O) groups is 2. The molecule has 0 aromatic heterocycles. The van der Waals surface area contributed by atoms with E-state index in [9.17, 15) is 22.8 Å². The maximum atomic E-state index is 13.6. The van der Waals surface area contributed by atoms with Crippen molar-refractivity contribution >= 4 is 23.2 Å². The first-order valence-electron chi connectivity index (χ1n) is 6.93. The summed E-state index contributed by atoms with van der Waals surface area (Å²) in [6.07, 6.45) is -0.644. The molecule has 8 heteroatoms. The number of halogens is 3. The zero-order valence-electron chi connectivity index (χ0n) is 12.3. The smallest absolute Gasteiger partial charge is 0.265 e.